The smallest absolute Gasteiger partial charge is 0.325 e. The molecule has 0 aromatic heterocycles. The molecule has 0 radical (unpaired) electrons. The van der Waals surface area contributed by atoms with Crippen molar-refractivity contribution >= 4 is 35.1 Å². The Kier molecular flexibility index (Phi) is 4.70. The number of ether oxygens (including phenoxy) is 1. The number of nitrogens with zero attached hydrogens (tertiary/aromatic N) is 1. The summed E-state index contributed by atoms with van der Waals surface area (Å²) in [5.41, 5.74) is 1.94. The van der Waals surface area contributed by atoms with Crippen molar-refractivity contribution in [1.82, 2.24) is 10.2 Å². The van der Waals surface area contributed by atoms with Gasteiger partial charge in [0, 0.05) is 11.1 Å². The number of hydrogen-bond acceptors (Lipinski definition) is 4. The first kappa shape index (κ1) is 19.3. The average molecular weight is 414 g/mol. The number of halogens is 1. The number of carbonyl (C=O) groups is 3. The van der Waals surface area contributed by atoms with Crippen LogP contribution in [0.5, 0.6) is 5.75 Å². The van der Waals surface area contributed by atoms with Crippen molar-refractivity contribution in [3.05, 3.63) is 58.1 Å². The zero-order valence-corrected chi connectivity index (χ0v) is 16.8. The highest BCUT2D eigenvalue weighted by atomic mass is 35.5. The van der Waals surface area contributed by atoms with Gasteiger partial charge in [0.15, 0.2) is 0 Å². The van der Waals surface area contributed by atoms with E-state index in [0.717, 1.165) is 21.6 Å². The quantitative estimate of drug-likeness (QED) is 0.754. The van der Waals surface area contributed by atoms with Gasteiger partial charge in [-0.25, -0.2) is 4.79 Å². The molecule has 0 unspecified atom stereocenters. The minimum atomic E-state index is -1.08. The van der Waals surface area contributed by atoms with E-state index in [4.69, 9.17) is 16.3 Å². The summed E-state index contributed by atoms with van der Waals surface area (Å²) in [7, 11) is 1.47. The van der Waals surface area contributed by atoms with Crippen LogP contribution in [0.25, 0.3) is 0 Å². The zero-order chi connectivity index (χ0) is 20.8. The van der Waals surface area contributed by atoms with Gasteiger partial charge in [-0.05, 0) is 42.5 Å². The van der Waals surface area contributed by atoms with Gasteiger partial charge in [-0.3, -0.25) is 14.5 Å². The number of aryl methyl sites for hydroxylation is 2. The first-order chi connectivity index (χ1) is 13.9. The Morgan fingerprint density at radius 3 is 2.83 bits per heavy atom. The third kappa shape index (κ3) is 3.11. The van der Waals surface area contributed by atoms with Crippen LogP contribution in [0, 0.1) is 6.92 Å². The molecular formula is C21H20ClN3O4. The largest absolute Gasteiger partial charge is 0.495 e. The molecule has 1 saturated heterocycles. The molecule has 1 spiro atoms. The fourth-order valence-corrected chi connectivity index (χ4v) is 4.15. The van der Waals surface area contributed by atoms with Gasteiger partial charge in [-0.15, -0.1) is 0 Å². The Bertz CT molecular complexity index is 1040. The second-order valence-electron chi connectivity index (χ2n) is 7.23. The van der Waals surface area contributed by atoms with E-state index in [1.165, 1.54) is 7.11 Å². The molecule has 1 heterocycles. The van der Waals surface area contributed by atoms with E-state index < -0.39 is 23.4 Å². The molecule has 2 aromatic carbocycles. The number of carbonyl (C=O) groups excluding carboxylic acids is 3. The molecule has 1 atom stereocenters. The van der Waals surface area contributed by atoms with Crippen LogP contribution in [0.4, 0.5) is 10.5 Å². The van der Waals surface area contributed by atoms with Crippen LogP contribution in [0.1, 0.15) is 23.1 Å². The predicted octanol–water partition coefficient (Wildman–Crippen LogP) is 2.99. The normalized spacial score (nSPS) is 20.0. The molecule has 1 fully saturated rings. The lowest BCUT2D eigenvalue weighted by molar-refractivity contribution is -0.134. The van der Waals surface area contributed by atoms with E-state index in [2.05, 4.69) is 10.6 Å². The third-order valence-corrected chi connectivity index (χ3v) is 5.89. The highest BCUT2D eigenvalue weighted by Gasteiger charge is 2.55. The molecule has 7 nitrogen and oxygen atoms in total. The van der Waals surface area contributed by atoms with E-state index in [1.54, 1.807) is 19.1 Å². The van der Waals surface area contributed by atoms with Gasteiger partial charge in [-0.1, -0.05) is 35.9 Å². The summed E-state index contributed by atoms with van der Waals surface area (Å²) < 4.78 is 5.25. The number of anilines is 1. The first-order valence-electron chi connectivity index (χ1n) is 9.22. The number of hydrogen-bond donors (Lipinski definition) is 2. The van der Waals surface area contributed by atoms with Crippen LogP contribution < -0.4 is 15.4 Å². The summed E-state index contributed by atoms with van der Waals surface area (Å²) in [6, 6.07) is 10.3. The van der Waals surface area contributed by atoms with Crippen molar-refractivity contribution < 1.29 is 19.1 Å². The third-order valence-electron chi connectivity index (χ3n) is 5.48. The standard InChI is InChI=1S/C21H20ClN3O4/c1-12-9-16(17(29-2)10-15(12)22)23-18(26)11-25-19(27)21(24-20(25)28)8-7-13-5-3-4-6-14(13)21/h3-6,9-10H,7-8,11H2,1-2H3,(H,23,26)(H,24,28)/t21-/m0/s1. The highest BCUT2D eigenvalue weighted by Crippen LogP contribution is 2.41. The molecule has 2 aliphatic rings. The minimum absolute atomic E-state index is 0.389. The molecular weight excluding hydrogens is 394 g/mol. The van der Waals surface area contributed by atoms with Crippen molar-refractivity contribution in [1.29, 1.82) is 0 Å². The minimum Gasteiger partial charge on any atom is -0.495 e. The Balaban J connectivity index is 1.54. The van der Waals surface area contributed by atoms with Crippen molar-refractivity contribution in [3.63, 3.8) is 0 Å². The number of urea groups is 1. The van der Waals surface area contributed by atoms with Gasteiger partial charge in [0.2, 0.25) is 5.91 Å². The molecule has 150 valence electrons. The summed E-state index contributed by atoms with van der Waals surface area (Å²) in [4.78, 5) is 39.2. The van der Waals surface area contributed by atoms with E-state index in [-0.39, 0.29) is 6.54 Å². The van der Waals surface area contributed by atoms with Gasteiger partial charge in [0.25, 0.3) is 5.91 Å². The van der Waals surface area contributed by atoms with Crippen LogP contribution >= 0.6 is 11.6 Å². The molecule has 4 amide bonds. The lowest BCUT2D eigenvalue weighted by Gasteiger charge is -2.22. The lowest BCUT2D eigenvalue weighted by atomic mass is 9.92. The molecule has 1 aliphatic carbocycles. The Labute approximate surface area is 173 Å². The summed E-state index contributed by atoms with van der Waals surface area (Å²) in [6.07, 6.45) is 1.18. The summed E-state index contributed by atoms with van der Waals surface area (Å²) >= 11 is 6.09. The van der Waals surface area contributed by atoms with Crippen molar-refractivity contribution in [2.75, 3.05) is 19.0 Å². The maximum absolute atomic E-state index is 13.1. The maximum atomic E-state index is 13.1. The molecule has 8 heteroatoms. The van der Waals surface area contributed by atoms with Gasteiger partial charge in [-0.2, -0.15) is 0 Å². The molecule has 29 heavy (non-hydrogen) atoms. The maximum Gasteiger partial charge on any atom is 0.325 e. The second kappa shape index (κ2) is 7.08. The number of methoxy groups -OCH3 is 1. The van der Waals surface area contributed by atoms with Crippen molar-refractivity contribution in [3.8, 4) is 5.75 Å². The number of rotatable bonds is 4. The molecule has 1 aliphatic heterocycles. The topological polar surface area (TPSA) is 87.7 Å². The number of fused-ring (bicyclic) bond motifs is 2. The van der Waals surface area contributed by atoms with E-state index in [0.29, 0.717) is 29.3 Å². The SMILES string of the molecule is COc1cc(Cl)c(C)cc1NC(=O)CN1C(=O)N[C@]2(CCc3ccccc32)C1=O. The van der Waals surface area contributed by atoms with Crippen LogP contribution in [-0.2, 0) is 21.5 Å². The first-order valence-corrected chi connectivity index (χ1v) is 9.60. The number of imide groups is 1. The van der Waals surface area contributed by atoms with Gasteiger partial charge in [0.1, 0.15) is 17.8 Å². The van der Waals surface area contributed by atoms with E-state index in [9.17, 15) is 14.4 Å². The average Bonchev–Trinajstić information content (AvgIpc) is 3.18. The van der Waals surface area contributed by atoms with Crippen LogP contribution in [0.2, 0.25) is 5.02 Å². The molecule has 0 saturated carbocycles. The predicted molar refractivity (Wildman–Crippen MR) is 108 cm³/mol. The van der Waals surface area contributed by atoms with Gasteiger partial charge in [0.05, 0.1) is 12.8 Å². The monoisotopic (exact) mass is 413 g/mol. The lowest BCUT2D eigenvalue weighted by Crippen LogP contribution is -2.43. The highest BCUT2D eigenvalue weighted by molar-refractivity contribution is 6.31. The summed E-state index contributed by atoms with van der Waals surface area (Å²) in [5, 5.41) is 6.02. The molecule has 0 bridgehead atoms. The van der Waals surface area contributed by atoms with Crippen LogP contribution in [-0.4, -0.2) is 36.4 Å². The van der Waals surface area contributed by atoms with Crippen LogP contribution in [0.3, 0.4) is 0 Å². The molecule has 4 rings (SSSR count). The fraction of sp³-hybridized carbons (Fsp3) is 0.286. The molecule has 2 aromatic rings. The number of benzene rings is 2. The summed E-state index contributed by atoms with van der Waals surface area (Å²) in [6.45, 7) is 1.41. The Hall–Kier alpha value is -3.06. The van der Waals surface area contributed by atoms with E-state index in [1.807, 2.05) is 24.3 Å². The van der Waals surface area contributed by atoms with Crippen LogP contribution in [0.15, 0.2) is 36.4 Å². The summed E-state index contributed by atoms with van der Waals surface area (Å²) in [5.74, 6) is -0.508. The van der Waals surface area contributed by atoms with Crippen molar-refractivity contribution in [2.45, 2.75) is 25.3 Å². The zero-order valence-electron chi connectivity index (χ0n) is 16.0. The fourth-order valence-electron chi connectivity index (χ4n) is 4.00. The van der Waals surface area contributed by atoms with Crippen molar-refractivity contribution in [2.24, 2.45) is 0 Å². The molecule has 2 N–H and O–H groups in total. The number of nitrogens with one attached hydrogen (secondary N) is 2. The Morgan fingerprint density at radius 1 is 1.31 bits per heavy atom. The van der Waals surface area contributed by atoms with E-state index >= 15 is 0 Å². The number of amides is 4. The Morgan fingerprint density at radius 2 is 2.07 bits per heavy atom. The second-order valence-corrected chi connectivity index (χ2v) is 7.64. The van der Waals surface area contributed by atoms with Gasteiger partial charge < -0.3 is 15.4 Å². The van der Waals surface area contributed by atoms with Gasteiger partial charge >= 0.3 is 6.03 Å².